The van der Waals surface area contributed by atoms with E-state index in [1.165, 1.54) is 19.3 Å². The van der Waals surface area contributed by atoms with Crippen molar-refractivity contribution in [3.63, 3.8) is 0 Å². The van der Waals surface area contributed by atoms with Gasteiger partial charge in [-0.25, -0.2) is 0 Å². The summed E-state index contributed by atoms with van der Waals surface area (Å²) in [5.74, 6) is 0. The third kappa shape index (κ3) is 3.60. The van der Waals surface area contributed by atoms with Crippen molar-refractivity contribution in [2.75, 3.05) is 25.0 Å². The number of rotatable bonds is 5. The lowest BCUT2D eigenvalue weighted by atomic mass is 9.98. The Balaban J connectivity index is 2.19. The lowest BCUT2D eigenvalue weighted by Crippen LogP contribution is -2.41. The van der Waals surface area contributed by atoms with Crippen molar-refractivity contribution in [3.8, 4) is 0 Å². The molecule has 0 aromatic heterocycles. The Labute approximate surface area is 133 Å². The first-order valence-corrected chi connectivity index (χ1v) is 8.06. The van der Waals surface area contributed by atoms with Crippen molar-refractivity contribution in [2.45, 2.75) is 31.7 Å². The molecule has 0 aliphatic carbocycles. The van der Waals surface area contributed by atoms with Crippen LogP contribution in [-0.4, -0.2) is 31.1 Å². The molecule has 0 saturated carbocycles. The number of nitrogens with one attached hydrogen (secondary N) is 1. The monoisotopic (exact) mass is 389 g/mol. The molecular weight excluding hydrogens is 369 g/mol. The summed E-state index contributed by atoms with van der Waals surface area (Å²) >= 11 is 2.05. The topological polar surface area (TPSA) is 58.4 Å². The van der Waals surface area contributed by atoms with Gasteiger partial charge in [0.1, 0.15) is 0 Å². The van der Waals surface area contributed by atoms with E-state index in [4.69, 9.17) is 0 Å². The van der Waals surface area contributed by atoms with E-state index >= 15 is 0 Å². The van der Waals surface area contributed by atoms with Gasteiger partial charge in [-0.05, 0) is 74.0 Å². The lowest BCUT2D eigenvalue weighted by molar-refractivity contribution is -0.385. The van der Waals surface area contributed by atoms with Crippen LogP contribution in [0.15, 0.2) is 18.2 Å². The summed E-state index contributed by atoms with van der Waals surface area (Å²) in [6.45, 7) is 2.05. The SMILES string of the molecule is CNCCC1CCCCN1c1ccc([N+](=O)[O-])c(I)c1. The van der Waals surface area contributed by atoms with Crippen molar-refractivity contribution in [1.29, 1.82) is 0 Å². The molecule has 20 heavy (non-hydrogen) atoms. The molecule has 0 bridgehead atoms. The molecule has 1 fully saturated rings. The predicted octanol–water partition coefficient (Wildman–Crippen LogP) is 3.17. The van der Waals surface area contributed by atoms with E-state index in [0.29, 0.717) is 9.61 Å². The number of piperidine rings is 1. The van der Waals surface area contributed by atoms with Crippen molar-refractivity contribution < 1.29 is 4.92 Å². The van der Waals surface area contributed by atoms with Gasteiger partial charge in [0.15, 0.2) is 0 Å². The first-order valence-electron chi connectivity index (χ1n) is 6.98. The minimum Gasteiger partial charge on any atom is -0.368 e. The van der Waals surface area contributed by atoms with Crippen molar-refractivity contribution in [3.05, 3.63) is 31.9 Å². The molecule has 1 atom stereocenters. The summed E-state index contributed by atoms with van der Waals surface area (Å²) in [5.41, 5.74) is 1.30. The van der Waals surface area contributed by atoms with Gasteiger partial charge in [-0.1, -0.05) is 0 Å². The Morgan fingerprint density at radius 3 is 2.95 bits per heavy atom. The molecule has 0 spiro atoms. The van der Waals surface area contributed by atoms with E-state index in [1.54, 1.807) is 6.07 Å². The number of hydrogen-bond acceptors (Lipinski definition) is 4. The van der Waals surface area contributed by atoms with Crippen LogP contribution in [0.4, 0.5) is 11.4 Å². The summed E-state index contributed by atoms with van der Waals surface area (Å²) in [5, 5.41) is 14.1. The zero-order valence-corrected chi connectivity index (χ0v) is 13.8. The Morgan fingerprint density at radius 1 is 1.50 bits per heavy atom. The van der Waals surface area contributed by atoms with Crippen LogP contribution in [-0.2, 0) is 0 Å². The van der Waals surface area contributed by atoms with E-state index in [0.717, 1.165) is 25.2 Å². The summed E-state index contributed by atoms with van der Waals surface area (Å²) < 4.78 is 0.711. The Kier molecular flexibility index (Phi) is 5.59. The highest BCUT2D eigenvalue weighted by Gasteiger charge is 2.23. The number of hydrogen-bond donors (Lipinski definition) is 1. The van der Waals surface area contributed by atoms with Crippen LogP contribution in [0.2, 0.25) is 0 Å². The molecule has 1 aromatic carbocycles. The van der Waals surface area contributed by atoms with Crippen LogP contribution in [0.25, 0.3) is 0 Å². The fourth-order valence-corrected chi connectivity index (χ4v) is 3.47. The van der Waals surface area contributed by atoms with Gasteiger partial charge < -0.3 is 10.2 Å². The maximum atomic E-state index is 10.9. The fourth-order valence-electron chi connectivity index (χ4n) is 2.77. The maximum absolute atomic E-state index is 10.9. The second-order valence-corrected chi connectivity index (χ2v) is 6.29. The average molecular weight is 389 g/mol. The quantitative estimate of drug-likeness (QED) is 0.478. The molecule has 6 heteroatoms. The van der Waals surface area contributed by atoms with E-state index in [9.17, 15) is 10.1 Å². The minimum absolute atomic E-state index is 0.193. The van der Waals surface area contributed by atoms with Gasteiger partial charge >= 0.3 is 0 Å². The van der Waals surface area contributed by atoms with Crippen LogP contribution >= 0.6 is 22.6 Å². The summed E-state index contributed by atoms with van der Waals surface area (Å²) in [6.07, 6.45) is 4.79. The van der Waals surface area contributed by atoms with Crippen LogP contribution in [0.5, 0.6) is 0 Å². The third-order valence-electron chi connectivity index (χ3n) is 3.81. The molecule has 110 valence electrons. The molecule has 1 aliphatic rings. The van der Waals surface area contributed by atoms with E-state index in [2.05, 4.69) is 32.8 Å². The summed E-state index contributed by atoms with van der Waals surface area (Å²) in [7, 11) is 1.97. The molecule has 1 aliphatic heterocycles. The lowest BCUT2D eigenvalue weighted by Gasteiger charge is -2.37. The second-order valence-electron chi connectivity index (χ2n) is 5.13. The zero-order chi connectivity index (χ0) is 14.5. The second kappa shape index (κ2) is 7.21. The van der Waals surface area contributed by atoms with Crippen molar-refractivity contribution in [2.24, 2.45) is 0 Å². The first kappa shape index (κ1) is 15.5. The van der Waals surface area contributed by atoms with Gasteiger partial charge in [0.05, 0.1) is 8.49 Å². The van der Waals surface area contributed by atoms with Crippen molar-refractivity contribution in [1.82, 2.24) is 5.32 Å². The molecule has 0 amide bonds. The zero-order valence-electron chi connectivity index (χ0n) is 11.6. The Morgan fingerprint density at radius 2 is 2.30 bits per heavy atom. The van der Waals surface area contributed by atoms with Gasteiger partial charge in [0.25, 0.3) is 5.69 Å². The smallest absolute Gasteiger partial charge is 0.282 e. The van der Waals surface area contributed by atoms with E-state index in [-0.39, 0.29) is 10.6 Å². The number of benzene rings is 1. The normalized spacial score (nSPS) is 19.1. The van der Waals surface area contributed by atoms with Gasteiger partial charge in [0.2, 0.25) is 0 Å². The van der Waals surface area contributed by atoms with Crippen LogP contribution in [0.3, 0.4) is 0 Å². The predicted molar refractivity (Wildman–Crippen MR) is 89.3 cm³/mol. The number of nitrogens with zero attached hydrogens (tertiary/aromatic N) is 2. The van der Waals surface area contributed by atoms with Crippen LogP contribution in [0, 0.1) is 13.7 Å². The van der Waals surface area contributed by atoms with E-state index in [1.807, 2.05) is 19.2 Å². The largest absolute Gasteiger partial charge is 0.368 e. The minimum atomic E-state index is -0.319. The number of anilines is 1. The van der Waals surface area contributed by atoms with Gasteiger partial charge in [-0.15, -0.1) is 0 Å². The van der Waals surface area contributed by atoms with Gasteiger partial charge in [-0.3, -0.25) is 10.1 Å². The standard InChI is InChI=1S/C14H20IN3O2/c1-16-8-7-11-4-2-3-9-17(11)12-5-6-14(18(19)20)13(15)10-12/h5-6,10-11,16H,2-4,7-9H2,1H3. The Hall–Kier alpha value is -0.890. The maximum Gasteiger partial charge on any atom is 0.282 e. The first-order chi connectivity index (χ1) is 9.63. The fraction of sp³-hybridized carbons (Fsp3) is 0.571. The highest BCUT2D eigenvalue weighted by molar-refractivity contribution is 14.1. The molecular formula is C14H20IN3O2. The molecule has 1 saturated heterocycles. The summed E-state index contributed by atoms with van der Waals surface area (Å²) in [4.78, 5) is 13.0. The number of halogens is 1. The van der Waals surface area contributed by atoms with Gasteiger partial charge in [-0.2, -0.15) is 0 Å². The van der Waals surface area contributed by atoms with Crippen molar-refractivity contribution >= 4 is 34.0 Å². The Bertz CT molecular complexity index is 481. The average Bonchev–Trinajstić information content (AvgIpc) is 2.45. The third-order valence-corrected chi connectivity index (χ3v) is 4.68. The summed E-state index contributed by atoms with van der Waals surface area (Å²) in [6, 6.07) is 5.99. The molecule has 1 unspecified atom stereocenters. The van der Waals surface area contributed by atoms with Crippen LogP contribution < -0.4 is 10.2 Å². The van der Waals surface area contributed by atoms with E-state index < -0.39 is 0 Å². The highest BCUT2D eigenvalue weighted by atomic mass is 127. The molecule has 2 rings (SSSR count). The molecule has 5 nitrogen and oxygen atoms in total. The van der Waals surface area contributed by atoms with Crippen LogP contribution in [0.1, 0.15) is 25.7 Å². The molecule has 0 radical (unpaired) electrons. The molecule has 1 N–H and O–H groups in total. The van der Waals surface area contributed by atoms with Gasteiger partial charge in [0, 0.05) is 24.3 Å². The number of nitro groups is 1. The highest BCUT2D eigenvalue weighted by Crippen LogP contribution is 2.31. The molecule has 1 aromatic rings. The number of nitro benzene ring substituents is 1. The molecule has 1 heterocycles.